The molecule has 2 aromatic heterocycles. The number of hydrogen-bond acceptors (Lipinski definition) is 4. The second-order valence-electron chi connectivity index (χ2n) is 8.60. The third kappa shape index (κ3) is 4.56. The van der Waals surface area contributed by atoms with Crippen LogP contribution >= 0.6 is 0 Å². The number of aromatic nitrogens is 2. The number of nitrogens with one attached hydrogen (secondary N) is 3. The van der Waals surface area contributed by atoms with Crippen molar-refractivity contribution in [2.45, 2.75) is 32.6 Å². The maximum atomic E-state index is 14.0. The van der Waals surface area contributed by atoms with Gasteiger partial charge in [0.15, 0.2) is 0 Å². The smallest absolute Gasteiger partial charge is 0.313 e. The number of fused-ring (bicyclic) bond motifs is 1. The van der Waals surface area contributed by atoms with Crippen molar-refractivity contribution in [2.24, 2.45) is 0 Å². The number of carbonyl (C=O) groups excluding carboxylic acids is 1. The van der Waals surface area contributed by atoms with Gasteiger partial charge in [0, 0.05) is 18.1 Å². The highest BCUT2D eigenvalue weighted by Gasteiger charge is 2.22. The Kier molecular flexibility index (Phi) is 5.69. The molecule has 0 aliphatic carbocycles. The molecule has 0 atom stereocenters. The second-order valence-corrected chi connectivity index (χ2v) is 8.60. The molecule has 6 nitrogen and oxygen atoms in total. The lowest BCUT2D eigenvalue weighted by Gasteiger charge is -2.25. The maximum Gasteiger partial charge on any atom is 0.324 e. The molecule has 0 radical (unpaired) electrons. The number of anilines is 2. The first-order valence-corrected chi connectivity index (χ1v) is 10.4. The lowest BCUT2D eigenvalue weighted by Crippen LogP contribution is -2.24. The molecule has 2 amide bonds. The summed E-state index contributed by atoms with van der Waals surface area (Å²) >= 11 is 0. The molecule has 0 saturated carbocycles. The topological polar surface area (TPSA) is 78.9 Å². The molecule has 0 bridgehead atoms. The first-order chi connectivity index (χ1) is 14.8. The lowest BCUT2D eigenvalue weighted by atomic mass is 9.83. The number of rotatable bonds is 3. The van der Waals surface area contributed by atoms with Crippen LogP contribution in [0.4, 0.5) is 20.7 Å². The van der Waals surface area contributed by atoms with E-state index in [0.29, 0.717) is 16.9 Å². The fraction of sp³-hybridized carbons (Fsp3) is 0.292. The summed E-state index contributed by atoms with van der Waals surface area (Å²) in [4.78, 5) is 21.5. The van der Waals surface area contributed by atoms with Crippen LogP contribution in [0.3, 0.4) is 0 Å². The average Bonchev–Trinajstić information content (AvgIpc) is 2.74. The van der Waals surface area contributed by atoms with Crippen LogP contribution in [0.1, 0.15) is 38.4 Å². The Bertz CT molecular complexity index is 1170. The van der Waals surface area contributed by atoms with Crippen LogP contribution in [0, 0.1) is 5.82 Å². The Morgan fingerprint density at radius 2 is 1.97 bits per heavy atom. The summed E-state index contributed by atoms with van der Waals surface area (Å²) in [7, 11) is 0. The van der Waals surface area contributed by atoms with Gasteiger partial charge in [-0.3, -0.25) is 10.3 Å². The minimum absolute atomic E-state index is 0.0745. The van der Waals surface area contributed by atoms with E-state index < -0.39 is 11.8 Å². The standard InChI is InChI=1S/C24H26FN5O/c1-24(2,3)17-7-8-20(29-21(17)15-9-12-26-13-10-15)30-23(31)28-19-11-14-27-22-16(19)5-4-6-18(22)25/h4-9,11,14,26H,10,12-13H2,1-3H3,(H2,27,28,29,30,31). The van der Waals surface area contributed by atoms with Gasteiger partial charge in [0.1, 0.15) is 17.2 Å². The molecule has 0 saturated heterocycles. The number of hydrogen-bond donors (Lipinski definition) is 3. The molecule has 1 aliphatic heterocycles. The van der Waals surface area contributed by atoms with Gasteiger partial charge in [-0.25, -0.2) is 14.2 Å². The van der Waals surface area contributed by atoms with Crippen LogP contribution in [-0.4, -0.2) is 29.1 Å². The molecule has 4 rings (SSSR count). The van der Waals surface area contributed by atoms with Gasteiger partial charge in [0.25, 0.3) is 0 Å². The largest absolute Gasteiger partial charge is 0.324 e. The summed E-state index contributed by atoms with van der Waals surface area (Å²) < 4.78 is 14.0. The predicted octanol–water partition coefficient (Wildman–Crippen LogP) is 5.09. The summed E-state index contributed by atoms with van der Waals surface area (Å²) in [6, 6.07) is 9.69. The molecule has 3 N–H and O–H groups in total. The van der Waals surface area contributed by atoms with E-state index in [1.54, 1.807) is 18.2 Å². The van der Waals surface area contributed by atoms with Gasteiger partial charge in [0.2, 0.25) is 0 Å². The number of benzene rings is 1. The quantitative estimate of drug-likeness (QED) is 0.553. The second kappa shape index (κ2) is 8.43. The number of carbonyl (C=O) groups is 1. The van der Waals surface area contributed by atoms with Crippen molar-refractivity contribution in [3.8, 4) is 0 Å². The summed E-state index contributed by atoms with van der Waals surface area (Å²) in [6.07, 6.45) is 4.52. The molecule has 1 aliphatic rings. The predicted molar refractivity (Wildman–Crippen MR) is 123 cm³/mol. The molecular weight excluding hydrogens is 393 g/mol. The van der Waals surface area contributed by atoms with Gasteiger partial charge in [0.05, 0.1) is 11.4 Å². The van der Waals surface area contributed by atoms with E-state index in [0.717, 1.165) is 30.8 Å². The Balaban J connectivity index is 1.60. The first-order valence-electron chi connectivity index (χ1n) is 10.4. The summed E-state index contributed by atoms with van der Waals surface area (Å²) in [5.41, 5.74) is 3.87. The number of nitrogens with zero attached hydrogens (tertiary/aromatic N) is 2. The van der Waals surface area contributed by atoms with Crippen molar-refractivity contribution in [1.82, 2.24) is 15.3 Å². The molecule has 0 spiro atoms. The van der Waals surface area contributed by atoms with E-state index >= 15 is 0 Å². The van der Waals surface area contributed by atoms with Crippen LogP contribution in [0.15, 0.2) is 48.7 Å². The monoisotopic (exact) mass is 419 g/mol. The van der Waals surface area contributed by atoms with Gasteiger partial charge < -0.3 is 10.6 Å². The van der Waals surface area contributed by atoms with E-state index in [2.05, 4.69) is 47.8 Å². The zero-order chi connectivity index (χ0) is 22.0. The minimum atomic E-state index is -0.446. The molecule has 3 heterocycles. The minimum Gasteiger partial charge on any atom is -0.313 e. The molecule has 160 valence electrons. The lowest BCUT2D eigenvalue weighted by molar-refractivity contribution is 0.262. The van der Waals surface area contributed by atoms with Crippen molar-refractivity contribution in [3.63, 3.8) is 0 Å². The van der Waals surface area contributed by atoms with Crippen LogP contribution in [0.2, 0.25) is 0 Å². The third-order valence-electron chi connectivity index (χ3n) is 5.28. The van der Waals surface area contributed by atoms with E-state index in [1.165, 1.54) is 17.8 Å². The Morgan fingerprint density at radius 1 is 1.13 bits per heavy atom. The maximum absolute atomic E-state index is 14.0. The number of para-hydroxylation sites is 1. The molecule has 1 aromatic carbocycles. The van der Waals surface area contributed by atoms with Crippen LogP contribution in [0.5, 0.6) is 0 Å². The third-order valence-corrected chi connectivity index (χ3v) is 5.28. The Hall–Kier alpha value is -3.32. The fourth-order valence-corrected chi connectivity index (χ4v) is 3.74. The molecule has 0 unspecified atom stereocenters. The zero-order valence-electron chi connectivity index (χ0n) is 17.9. The molecule has 31 heavy (non-hydrogen) atoms. The van der Waals surface area contributed by atoms with Crippen molar-refractivity contribution in [2.75, 3.05) is 23.7 Å². The van der Waals surface area contributed by atoms with E-state index in [1.807, 2.05) is 12.1 Å². The van der Waals surface area contributed by atoms with Crippen molar-refractivity contribution in [1.29, 1.82) is 0 Å². The van der Waals surface area contributed by atoms with Gasteiger partial charge >= 0.3 is 6.03 Å². The van der Waals surface area contributed by atoms with Crippen LogP contribution < -0.4 is 16.0 Å². The Labute approximate surface area is 181 Å². The van der Waals surface area contributed by atoms with Crippen molar-refractivity contribution < 1.29 is 9.18 Å². The summed E-state index contributed by atoms with van der Waals surface area (Å²) in [5.74, 6) is 0.0327. The molecule has 3 aromatic rings. The normalized spacial score (nSPS) is 14.3. The average molecular weight is 420 g/mol. The molecular formula is C24H26FN5O. The zero-order valence-corrected chi connectivity index (χ0v) is 17.9. The van der Waals surface area contributed by atoms with Crippen molar-refractivity contribution >= 4 is 34.0 Å². The number of pyridine rings is 2. The highest BCUT2D eigenvalue weighted by molar-refractivity contribution is 6.05. The van der Waals surface area contributed by atoms with Crippen LogP contribution in [0.25, 0.3) is 16.5 Å². The van der Waals surface area contributed by atoms with E-state index in [4.69, 9.17) is 4.98 Å². The van der Waals surface area contributed by atoms with Gasteiger partial charge in [-0.15, -0.1) is 0 Å². The summed E-state index contributed by atoms with van der Waals surface area (Å²) in [5, 5.41) is 9.45. The van der Waals surface area contributed by atoms with Gasteiger partial charge in [-0.05, 0) is 47.7 Å². The molecule has 7 heteroatoms. The number of halogens is 1. The highest BCUT2D eigenvalue weighted by Crippen LogP contribution is 2.32. The van der Waals surface area contributed by atoms with Crippen LogP contribution in [-0.2, 0) is 5.41 Å². The highest BCUT2D eigenvalue weighted by atomic mass is 19.1. The SMILES string of the molecule is CC(C)(C)c1ccc(NC(=O)Nc2ccnc3c(F)cccc23)nc1C1=CCNCC1. The van der Waals surface area contributed by atoms with E-state index in [9.17, 15) is 9.18 Å². The number of amides is 2. The molecule has 0 fully saturated rings. The van der Waals surface area contributed by atoms with E-state index in [-0.39, 0.29) is 10.9 Å². The van der Waals surface area contributed by atoms with Gasteiger partial charge in [-0.1, -0.05) is 45.0 Å². The van der Waals surface area contributed by atoms with Crippen molar-refractivity contribution in [3.05, 3.63) is 65.7 Å². The number of urea groups is 1. The fourth-order valence-electron chi connectivity index (χ4n) is 3.74. The summed E-state index contributed by atoms with van der Waals surface area (Å²) in [6.45, 7) is 8.18. The Morgan fingerprint density at radius 3 is 2.71 bits per heavy atom. The van der Waals surface area contributed by atoms with Gasteiger partial charge in [-0.2, -0.15) is 0 Å². The first kappa shape index (κ1) is 20.9.